The van der Waals surface area contributed by atoms with E-state index in [1.54, 1.807) is 12.6 Å². The zero-order chi connectivity index (χ0) is 13.8. The van der Waals surface area contributed by atoms with Crippen molar-refractivity contribution < 1.29 is 4.42 Å². The number of aryl methyl sites for hydroxylation is 1. The van der Waals surface area contributed by atoms with Gasteiger partial charge in [0.15, 0.2) is 0 Å². The van der Waals surface area contributed by atoms with Gasteiger partial charge in [-0.05, 0) is 45.0 Å². The highest BCUT2D eigenvalue weighted by atomic mass is 16.3. The number of rotatable bonds is 6. The summed E-state index contributed by atoms with van der Waals surface area (Å²) in [5.74, 6) is 1.05. The van der Waals surface area contributed by atoms with Gasteiger partial charge in [-0.15, -0.1) is 0 Å². The Kier molecular flexibility index (Phi) is 4.18. The normalized spacial score (nSPS) is 17.6. The zero-order valence-electron chi connectivity index (χ0n) is 11.9. The van der Waals surface area contributed by atoms with Gasteiger partial charge in [0.1, 0.15) is 5.76 Å². The van der Waals surface area contributed by atoms with Crippen molar-refractivity contribution in [3.63, 3.8) is 0 Å². The van der Waals surface area contributed by atoms with Crippen molar-refractivity contribution in [1.82, 2.24) is 20.2 Å². The lowest BCUT2D eigenvalue weighted by molar-refractivity contribution is 0.209. The lowest BCUT2D eigenvalue weighted by Crippen LogP contribution is -2.33. The number of imidazole rings is 1. The van der Waals surface area contributed by atoms with Crippen LogP contribution in [0.1, 0.15) is 36.0 Å². The molecule has 1 fully saturated rings. The second kappa shape index (κ2) is 6.24. The summed E-state index contributed by atoms with van der Waals surface area (Å²) in [6, 6.07) is 4.37. The monoisotopic (exact) mass is 274 g/mol. The van der Waals surface area contributed by atoms with E-state index in [9.17, 15) is 0 Å². The van der Waals surface area contributed by atoms with Gasteiger partial charge in [0.2, 0.25) is 0 Å². The highest BCUT2D eigenvalue weighted by Gasteiger charge is 2.25. The number of likely N-dealkylation sites (tertiary alicyclic amines) is 1. The van der Waals surface area contributed by atoms with Crippen LogP contribution in [-0.2, 0) is 6.54 Å². The van der Waals surface area contributed by atoms with Gasteiger partial charge < -0.3 is 14.7 Å². The molecule has 5 nitrogen and oxygen atoms in total. The van der Waals surface area contributed by atoms with E-state index in [4.69, 9.17) is 4.42 Å². The third-order valence-electron chi connectivity index (χ3n) is 4.02. The Balaban J connectivity index is 1.60. The predicted octanol–water partition coefficient (Wildman–Crippen LogP) is 2.24. The molecule has 108 valence electrons. The predicted molar refractivity (Wildman–Crippen MR) is 77.3 cm³/mol. The molecule has 2 aromatic heterocycles. The van der Waals surface area contributed by atoms with Gasteiger partial charge >= 0.3 is 0 Å². The maximum absolute atomic E-state index is 5.62. The quantitative estimate of drug-likeness (QED) is 0.848. The third-order valence-corrected chi connectivity index (χ3v) is 4.02. The summed E-state index contributed by atoms with van der Waals surface area (Å²) in [5, 5.41) is 3.51. The van der Waals surface area contributed by atoms with Crippen LogP contribution in [0.5, 0.6) is 0 Å². The summed E-state index contributed by atoms with van der Waals surface area (Å²) < 4.78 is 5.62. The fourth-order valence-electron chi connectivity index (χ4n) is 2.84. The minimum atomic E-state index is 0.326. The number of hydrogen-bond donors (Lipinski definition) is 2. The standard InChI is InChI=1S/C15H22N4O/c1-12-13(18-11-17-12)9-16-10-14(15-5-4-8-20-15)19-6-2-3-7-19/h4-5,8,11,14,16H,2-3,6-7,9-10H2,1H3,(H,17,18). The van der Waals surface area contributed by atoms with Crippen LogP contribution in [0.25, 0.3) is 0 Å². The molecule has 3 heterocycles. The van der Waals surface area contributed by atoms with Crippen LogP contribution in [0.4, 0.5) is 0 Å². The number of hydrogen-bond acceptors (Lipinski definition) is 4. The van der Waals surface area contributed by atoms with Crippen molar-refractivity contribution in [2.24, 2.45) is 0 Å². The van der Waals surface area contributed by atoms with Crippen LogP contribution in [0, 0.1) is 6.92 Å². The molecule has 2 aromatic rings. The Morgan fingerprint density at radius 2 is 2.30 bits per heavy atom. The largest absolute Gasteiger partial charge is 0.468 e. The summed E-state index contributed by atoms with van der Waals surface area (Å²) in [4.78, 5) is 9.93. The lowest BCUT2D eigenvalue weighted by atomic mass is 10.2. The Labute approximate surface area is 119 Å². The topological polar surface area (TPSA) is 57.1 Å². The molecule has 0 radical (unpaired) electrons. The van der Waals surface area contributed by atoms with E-state index in [-0.39, 0.29) is 0 Å². The van der Waals surface area contributed by atoms with E-state index in [1.165, 1.54) is 12.8 Å². The smallest absolute Gasteiger partial charge is 0.122 e. The molecule has 1 atom stereocenters. The van der Waals surface area contributed by atoms with E-state index in [1.807, 2.05) is 6.07 Å². The molecular weight excluding hydrogens is 252 g/mol. The molecule has 0 aliphatic carbocycles. The molecule has 3 rings (SSSR count). The Hall–Kier alpha value is -1.59. The highest BCUT2D eigenvalue weighted by molar-refractivity contribution is 5.09. The fraction of sp³-hybridized carbons (Fsp3) is 0.533. The summed E-state index contributed by atoms with van der Waals surface area (Å²) >= 11 is 0. The molecule has 5 heteroatoms. The van der Waals surface area contributed by atoms with Gasteiger partial charge in [-0.2, -0.15) is 0 Å². The van der Waals surface area contributed by atoms with Crippen molar-refractivity contribution in [2.75, 3.05) is 19.6 Å². The molecule has 1 unspecified atom stereocenters. The number of nitrogens with zero attached hydrogens (tertiary/aromatic N) is 2. The average molecular weight is 274 g/mol. The van der Waals surface area contributed by atoms with Gasteiger partial charge in [0.05, 0.1) is 24.3 Å². The van der Waals surface area contributed by atoms with E-state index >= 15 is 0 Å². The molecule has 1 saturated heterocycles. The van der Waals surface area contributed by atoms with Crippen LogP contribution in [0.15, 0.2) is 29.1 Å². The number of aromatic nitrogens is 2. The first-order chi connectivity index (χ1) is 9.84. The summed E-state index contributed by atoms with van der Waals surface area (Å²) in [5.41, 5.74) is 2.22. The van der Waals surface area contributed by atoms with E-state index in [2.05, 4.69) is 33.2 Å². The zero-order valence-corrected chi connectivity index (χ0v) is 11.9. The molecule has 0 bridgehead atoms. The van der Waals surface area contributed by atoms with Crippen LogP contribution in [0.3, 0.4) is 0 Å². The molecule has 2 N–H and O–H groups in total. The maximum Gasteiger partial charge on any atom is 0.122 e. The van der Waals surface area contributed by atoms with Crippen molar-refractivity contribution in [3.05, 3.63) is 41.9 Å². The SMILES string of the molecule is Cc1[nH]cnc1CNCC(c1ccco1)N1CCCC1. The first-order valence-corrected chi connectivity index (χ1v) is 7.31. The van der Waals surface area contributed by atoms with Gasteiger partial charge in [-0.1, -0.05) is 0 Å². The van der Waals surface area contributed by atoms with Crippen molar-refractivity contribution in [1.29, 1.82) is 0 Å². The maximum atomic E-state index is 5.62. The fourth-order valence-corrected chi connectivity index (χ4v) is 2.84. The second-order valence-electron chi connectivity index (χ2n) is 5.38. The summed E-state index contributed by atoms with van der Waals surface area (Å²) in [6.45, 7) is 6.05. The van der Waals surface area contributed by atoms with Crippen LogP contribution < -0.4 is 5.32 Å². The first kappa shape index (κ1) is 13.4. The molecular formula is C15H22N4O. The van der Waals surface area contributed by atoms with Crippen molar-refractivity contribution in [3.8, 4) is 0 Å². The number of H-pyrrole nitrogens is 1. The highest BCUT2D eigenvalue weighted by Crippen LogP contribution is 2.24. The van der Waals surface area contributed by atoms with Crippen LogP contribution in [0.2, 0.25) is 0 Å². The molecule has 1 aliphatic heterocycles. The molecule has 20 heavy (non-hydrogen) atoms. The Morgan fingerprint density at radius 3 is 2.95 bits per heavy atom. The number of nitrogens with one attached hydrogen (secondary N) is 2. The third kappa shape index (κ3) is 2.94. The lowest BCUT2D eigenvalue weighted by Gasteiger charge is -2.26. The van der Waals surface area contributed by atoms with Gasteiger partial charge in [0.25, 0.3) is 0 Å². The Bertz CT molecular complexity index is 514. The Morgan fingerprint density at radius 1 is 1.45 bits per heavy atom. The van der Waals surface area contributed by atoms with Crippen molar-refractivity contribution in [2.45, 2.75) is 32.4 Å². The van der Waals surface area contributed by atoms with Crippen LogP contribution in [-0.4, -0.2) is 34.5 Å². The summed E-state index contributed by atoms with van der Waals surface area (Å²) in [6.07, 6.45) is 6.08. The minimum Gasteiger partial charge on any atom is -0.468 e. The van der Waals surface area contributed by atoms with Gasteiger partial charge in [-0.25, -0.2) is 4.98 Å². The van der Waals surface area contributed by atoms with Crippen molar-refractivity contribution >= 4 is 0 Å². The molecule has 1 aliphatic rings. The second-order valence-corrected chi connectivity index (χ2v) is 5.38. The molecule has 0 spiro atoms. The van der Waals surface area contributed by atoms with Crippen LogP contribution >= 0.6 is 0 Å². The summed E-state index contributed by atoms with van der Waals surface area (Å²) in [7, 11) is 0. The molecule has 0 saturated carbocycles. The van der Waals surface area contributed by atoms with Gasteiger partial charge in [0, 0.05) is 18.8 Å². The van der Waals surface area contributed by atoms with E-state index in [0.717, 1.165) is 43.3 Å². The molecule has 0 aromatic carbocycles. The van der Waals surface area contributed by atoms with E-state index in [0.29, 0.717) is 6.04 Å². The molecule has 0 amide bonds. The number of aromatic amines is 1. The average Bonchev–Trinajstić information content (AvgIpc) is 3.18. The number of furan rings is 1. The van der Waals surface area contributed by atoms with E-state index < -0.39 is 0 Å². The minimum absolute atomic E-state index is 0.326. The first-order valence-electron chi connectivity index (χ1n) is 7.31. The van der Waals surface area contributed by atoms with Gasteiger partial charge in [-0.3, -0.25) is 4.90 Å².